The van der Waals surface area contributed by atoms with Crippen molar-refractivity contribution in [3.63, 3.8) is 0 Å². The minimum absolute atomic E-state index is 0.0718. The Morgan fingerprint density at radius 2 is 2.12 bits per heavy atom. The van der Waals surface area contributed by atoms with Gasteiger partial charge in [-0.1, -0.05) is 12.1 Å². The Hall–Kier alpha value is -1.84. The third kappa shape index (κ3) is 4.59. The van der Waals surface area contributed by atoms with Crippen LogP contribution in [0.25, 0.3) is 0 Å². The van der Waals surface area contributed by atoms with Crippen LogP contribution in [-0.4, -0.2) is 21.2 Å². The normalized spacial score (nSPS) is 14.4. The molecule has 0 fully saturated rings. The lowest BCUT2D eigenvalue weighted by Gasteiger charge is -2.06. The Kier molecular flexibility index (Phi) is 5.05. The van der Waals surface area contributed by atoms with E-state index in [9.17, 15) is 4.79 Å². The van der Waals surface area contributed by atoms with Crippen LogP contribution in [0.1, 0.15) is 25.7 Å². The Balaban J connectivity index is 0.000000165. The second kappa shape index (κ2) is 6.61. The molecule has 4 nitrogen and oxygen atoms in total. The van der Waals surface area contributed by atoms with Crippen LogP contribution in [0.15, 0.2) is 36.0 Å². The van der Waals surface area contributed by atoms with Crippen molar-refractivity contribution >= 4 is 5.97 Å². The van der Waals surface area contributed by atoms with Crippen LogP contribution in [0.4, 0.5) is 0 Å². The van der Waals surface area contributed by atoms with Crippen molar-refractivity contribution in [3.8, 4) is 5.88 Å². The molecule has 86 valence electrons. The maximum absolute atomic E-state index is 10.3. The first kappa shape index (κ1) is 12.2. The third-order valence-electron chi connectivity index (χ3n) is 2.21. The van der Waals surface area contributed by atoms with Gasteiger partial charge in [0.25, 0.3) is 0 Å². The predicted octanol–water partition coefficient (Wildman–Crippen LogP) is 2.36. The molecular formula is C12H15NO3. The van der Waals surface area contributed by atoms with Crippen LogP contribution in [0.5, 0.6) is 5.88 Å². The quantitative estimate of drug-likeness (QED) is 0.763. The number of nitrogens with zero attached hydrogens (tertiary/aromatic N) is 1. The van der Waals surface area contributed by atoms with Crippen LogP contribution in [0, 0.1) is 0 Å². The zero-order valence-electron chi connectivity index (χ0n) is 8.97. The highest BCUT2D eigenvalue weighted by Gasteiger charge is 2.08. The van der Waals surface area contributed by atoms with Crippen LogP contribution in [0.2, 0.25) is 0 Å². The monoisotopic (exact) mass is 221 g/mol. The molecule has 1 aromatic rings. The van der Waals surface area contributed by atoms with E-state index >= 15 is 0 Å². The van der Waals surface area contributed by atoms with Gasteiger partial charge in [0.1, 0.15) is 0 Å². The third-order valence-corrected chi connectivity index (χ3v) is 2.21. The molecule has 0 radical (unpaired) electrons. The van der Waals surface area contributed by atoms with Gasteiger partial charge in [0.2, 0.25) is 5.88 Å². The fourth-order valence-corrected chi connectivity index (χ4v) is 1.39. The SMILES string of the molecule is O=C(O)C1=CCCCC1.Oc1ccccn1. The van der Waals surface area contributed by atoms with Gasteiger partial charge in [-0.2, -0.15) is 0 Å². The summed E-state index contributed by atoms with van der Waals surface area (Å²) in [6.07, 6.45) is 7.26. The van der Waals surface area contributed by atoms with E-state index in [-0.39, 0.29) is 5.88 Å². The molecule has 1 aliphatic carbocycles. The fraction of sp³-hybridized carbons (Fsp3) is 0.333. The molecule has 0 spiro atoms. The molecule has 2 N–H and O–H groups in total. The summed E-state index contributed by atoms with van der Waals surface area (Å²) in [5, 5.41) is 17.0. The summed E-state index contributed by atoms with van der Waals surface area (Å²) >= 11 is 0. The maximum atomic E-state index is 10.3. The first-order chi connectivity index (χ1) is 7.70. The Morgan fingerprint density at radius 1 is 1.31 bits per heavy atom. The minimum Gasteiger partial charge on any atom is -0.493 e. The van der Waals surface area contributed by atoms with E-state index in [0.29, 0.717) is 5.57 Å². The number of aromatic hydroxyl groups is 1. The van der Waals surface area contributed by atoms with Gasteiger partial charge in [0, 0.05) is 17.8 Å². The lowest BCUT2D eigenvalue weighted by Crippen LogP contribution is -2.03. The lowest BCUT2D eigenvalue weighted by atomic mass is 10.0. The summed E-state index contributed by atoms with van der Waals surface area (Å²) in [4.78, 5) is 13.8. The van der Waals surface area contributed by atoms with Crippen LogP contribution in [0.3, 0.4) is 0 Å². The molecule has 0 unspecified atom stereocenters. The van der Waals surface area contributed by atoms with E-state index in [2.05, 4.69) is 4.98 Å². The molecule has 0 saturated carbocycles. The molecule has 1 aromatic heterocycles. The molecule has 4 heteroatoms. The first-order valence-corrected chi connectivity index (χ1v) is 5.22. The number of hydrogen-bond donors (Lipinski definition) is 2. The molecule has 0 atom stereocenters. The number of carboxylic acids is 1. The Labute approximate surface area is 94.3 Å². The van der Waals surface area contributed by atoms with Gasteiger partial charge in [-0.3, -0.25) is 0 Å². The lowest BCUT2D eigenvalue weighted by molar-refractivity contribution is -0.132. The smallest absolute Gasteiger partial charge is 0.331 e. The van der Waals surface area contributed by atoms with Gasteiger partial charge in [-0.15, -0.1) is 0 Å². The highest BCUT2D eigenvalue weighted by molar-refractivity contribution is 5.86. The number of pyridine rings is 1. The average molecular weight is 221 g/mol. The molecular weight excluding hydrogens is 206 g/mol. The summed E-state index contributed by atoms with van der Waals surface area (Å²) in [7, 11) is 0. The van der Waals surface area contributed by atoms with Crippen LogP contribution in [-0.2, 0) is 4.79 Å². The summed E-state index contributed by atoms with van der Waals surface area (Å²) in [6.45, 7) is 0. The number of allylic oxidation sites excluding steroid dienone is 1. The van der Waals surface area contributed by atoms with Gasteiger partial charge in [0.05, 0.1) is 0 Å². The zero-order chi connectivity index (χ0) is 11.8. The molecule has 2 rings (SSSR count). The number of carbonyl (C=O) groups is 1. The van der Waals surface area contributed by atoms with E-state index in [1.165, 1.54) is 12.3 Å². The molecule has 1 aliphatic rings. The van der Waals surface area contributed by atoms with Gasteiger partial charge in [-0.25, -0.2) is 9.78 Å². The van der Waals surface area contributed by atoms with Gasteiger partial charge < -0.3 is 10.2 Å². The van der Waals surface area contributed by atoms with Crippen molar-refractivity contribution in [3.05, 3.63) is 36.0 Å². The number of rotatable bonds is 1. The number of aliphatic carboxylic acids is 1. The summed E-state index contributed by atoms with van der Waals surface area (Å²) in [6, 6.07) is 5.00. The van der Waals surface area contributed by atoms with Gasteiger partial charge in [-0.05, 0) is 31.7 Å². The molecule has 0 bridgehead atoms. The van der Waals surface area contributed by atoms with Crippen molar-refractivity contribution in [1.82, 2.24) is 4.98 Å². The molecule has 1 heterocycles. The second-order valence-electron chi connectivity index (χ2n) is 3.47. The summed E-state index contributed by atoms with van der Waals surface area (Å²) in [5.74, 6) is -0.669. The average Bonchev–Trinajstić information content (AvgIpc) is 2.32. The van der Waals surface area contributed by atoms with Crippen LogP contribution < -0.4 is 0 Å². The first-order valence-electron chi connectivity index (χ1n) is 5.22. The highest BCUT2D eigenvalue weighted by atomic mass is 16.4. The molecule has 0 amide bonds. The topological polar surface area (TPSA) is 70.4 Å². The zero-order valence-corrected chi connectivity index (χ0v) is 8.97. The van der Waals surface area contributed by atoms with Crippen molar-refractivity contribution < 1.29 is 15.0 Å². The minimum atomic E-state index is -0.741. The largest absolute Gasteiger partial charge is 0.493 e. The number of hydrogen-bond acceptors (Lipinski definition) is 3. The van der Waals surface area contributed by atoms with E-state index in [1.807, 2.05) is 6.08 Å². The Morgan fingerprint density at radius 3 is 2.44 bits per heavy atom. The van der Waals surface area contributed by atoms with Crippen molar-refractivity contribution in [2.75, 3.05) is 0 Å². The number of aromatic nitrogens is 1. The Bertz CT molecular complexity index is 360. The summed E-state index contributed by atoms with van der Waals surface area (Å²) < 4.78 is 0. The molecule has 0 aromatic carbocycles. The van der Waals surface area contributed by atoms with Gasteiger partial charge in [0.15, 0.2) is 0 Å². The van der Waals surface area contributed by atoms with Gasteiger partial charge >= 0.3 is 5.97 Å². The van der Waals surface area contributed by atoms with Crippen LogP contribution >= 0.6 is 0 Å². The highest BCUT2D eigenvalue weighted by Crippen LogP contribution is 2.16. The number of carboxylic acid groups (broad SMARTS) is 1. The van der Waals surface area contributed by atoms with E-state index < -0.39 is 5.97 Å². The van der Waals surface area contributed by atoms with E-state index in [0.717, 1.165) is 25.7 Å². The molecule has 0 saturated heterocycles. The van der Waals surface area contributed by atoms with Crippen molar-refractivity contribution in [2.45, 2.75) is 25.7 Å². The standard InChI is InChI=1S/C7H10O2.C5H5NO/c8-7(9)6-4-2-1-3-5-6;7-5-3-1-2-4-6-5/h4H,1-3,5H2,(H,8,9);1-4H,(H,6,7). The fourth-order valence-electron chi connectivity index (χ4n) is 1.39. The van der Waals surface area contributed by atoms with E-state index in [1.54, 1.807) is 12.1 Å². The van der Waals surface area contributed by atoms with E-state index in [4.69, 9.17) is 10.2 Å². The molecule has 16 heavy (non-hydrogen) atoms. The summed E-state index contributed by atoms with van der Waals surface area (Å²) in [5.41, 5.74) is 0.598. The molecule has 0 aliphatic heterocycles. The predicted molar refractivity (Wildman–Crippen MR) is 60.1 cm³/mol. The van der Waals surface area contributed by atoms with Crippen molar-refractivity contribution in [1.29, 1.82) is 0 Å². The maximum Gasteiger partial charge on any atom is 0.331 e. The second-order valence-corrected chi connectivity index (χ2v) is 3.47. The van der Waals surface area contributed by atoms with Crippen molar-refractivity contribution in [2.24, 2.45) is 0 Å².